The Hall–Kier alpha value is -3.26. The second-order valence-corrected chi connectivity index (χ2v) is 7.56. The standard InChI is InChI=1S/C18H31N5O9/c1-7(2)14(18(31)32)23-15(28)9(4-5-12(26)27)21-16(29)10(6-11(19)25)22-17(30)13(20)8(3)24/h7-10,13-14,24H,4-6,20H2,1-3H3,(H2,19,25)(H,21,29)(H,22,30)(H,23,28)(H,26,27)(H,31,32). The van der Waals surface area contributed by atoms with Crippen molar-refractivity contribution in [2.24, 2.45) is 17.4 Å². The Morgan fingerprint density at radius 2 is 1.34 bits per heavy atom. The summed E-state index contributed by atoms with van der Waals surface area (Å²) >= 11 is 0. The van der Waals surface area contributed by atoms with Gasteiger partial charge in [-0.1, -0.05) is 13.8 Å². The molecule has 0 spiro atoms. The molecule has 0 saturated carbocycles. The van der Waals surface area contributed by atoms with Crippen LogP contribution in [0.2, 0.25) is 0 Å². The smallest absolute Gasteiger partial charge is 0.326 e. The SMILES string of the molecule is CC(C)C(NC(=O)C(CCC(=O)O)NC(=O)C(CC(N)=O)NC(=O)C(N)C(C)O)C(=O)O. The van der Waals surface area contributed by atoms with E-state index in [-0.39, 0.29) is 0 Å². The molecule has 14 heteroatoms. The lowest BCUT2D eigenvalue weighted by molar-refractivity contribution is -0.144. The van der Waals surface area contributed by atoms with Gasteiger partial charge in [0.25, 0.3) is 0 Å². The van der Waals surface area contributed by atoms with E-state index in [9.17, 15) is 39.0 Å². The zero-order valence-electron chi connectivity index (χ0n) is 18.0. The van der Waals surface area contributed by atoms with Crippen molar-refractivity contribution in [3.05, 3.63) is 0 Å². The van der Waals surface area contributed by atoms with Gasteiger partial charge in [0.2, 0.25) is 23.6 Å². The molecule has 0 rings (SSSR count). The molecular weight excluding hydrogens is 430 g/mol. The first-order valence-corrected chi connectivity index (χ1v) is 9.75. The summed E-state index contributed by atoms with van der Waals surface area (Å²) < 4.78 is 0. The van der Waals surface area contributed by atoms with E-state index < -0.39 is 91.0 Å². The van der Waals surface area contributed by atoms with Crippen molar-refractivity contribution in [1.82, 2.24) is 16.0 Å². The lowest BCUT2D eigenvalue weighted by atomic mass is 10.0. The molecule has 0 radical (unpaired) electrons. The molecule has 5 unspecified atom stereocenters. The average Bonchev–Trinajstić information content (AvgIpc) is 2.66. The van der Waals surface area contributed by atoms with E-state index in [0.29, 0.717) is 0 Å². The van der Waals surface area contributed by atoms with Gasteiger partial charge in [0.05, 0.1) is 12.5 Å². The summed E-state index contributed by atoms with van der Waals surface area (Å²) in [5, 5.41) is 34.1. The molecule has 14 nitrogen and oxygen atoms in total. The number of rotatable bonds is 14. The third kappa shape index (κ3) is 10.2. The summed E-state index contributed by atoms with van der Waals surface area (Å²) in [7, 11) is 0. The Labute approximate surface area is 184 Å². The third-order valence-corrected chi connectivity index (χ3v) is 4.37. The van der Waals surface area contributed by atoms with Crippen LogP contribution in [0.1, 0.15) is 40.0 Å². The summed E-state index contributed by atoms with van der Waals surface area (Å²) in [4.78, 5) is 70.8. The fourth-order valence-electron chi connectivity index (χ4n) is 2.47. The van der Waals surface area contributed by atoms with Crippen molar-refractivity contribution in [3.63, 3.8) is 0 Å². The van der Waals surface area contributed by atoms with Crippen LogP contribution < -0.4 is 27.4 Å². The number of carboxylic acid groups (broad SMARTS) is 2. The van der Waals surface area contributed by atoms with Crippen LogP contribution in [0.25, 0.3) is 0 Å². The molecule has 0 aliphatic rings. The highest BCUT2D eigenvalue weighted by Crippen LogP contribution is 2.06. The van der Waals surface area contributed by atoms with Gasteiger partial charge in [0.1, 0.15) is 24.2 Å². The van der Waals surface area contributed by atoms with Crippen molar-refractivity contribution >= 4 is 35.6 Å². The summed E-state index contributed by atoms with van der Waals surface area (Å²) in [6, 6.07) is -5.80. The Morgan fingerprint density at radius 3 is 1.75 bits per heavy atom. The Morgan fingerprint density at radius 1 is 0.844 bits per heavy atom. The van der Waals surface area contributed by atoms with Gasteiger partial charge in [-0.3, -0.25) is 24.0 Å². The highest BCUT2D eigenvalue weighted by atomic mass is 16.4. The van der Waals surface area contributed by atoms with Crippen molar-refractivity contribution in [1.29, 1.82) is 0 Å². The van der Waals surface area contributed by atoms with E-state index in [4.69, 9.17) is 16.6 Å². The zero-order valence-corrected chi connectivity index (χ0v) is 18.0. The van der Waals surface area contributed by atoms with Gasteiger partial charge >= 0.3 is 11.9 Å². The van der Waals surface area contributed by atoms with Gasteiger partial charge in [-0.05, 0) is 19.3 Å². The number of nitrogens with one attached hydrogen (secondary N) is 3. The molecular formula is C18H31N5O9. The zero-order chi connectivity index (χ0) is 25.2. The minimum atomic E-state index is -1.58. The number of carboxylic acids is 2. The molecule has 0 aliphatic heterocycles. The first-order chi connectivity index (χ1) is 14.7. The van der Waals surface area contributed by atoms with E-state index in [1.807, 2.05) is 0 Å². The Balaban J connectivity index is 5.60. The number of carbonyl (C=O) groups is 6. The second kappa shape index (κ2) is 13.2. The maximum Gasteiger partial charge on any atom is 0.326 e. The number of aliphatic carboxylic acids is 2. The second-order valence-electron chi connectivity index (χ2n) is 7.56. The van der Waals surface area contributed by atoms with E-state index in [1.165, 1.54) is 20.8 Å². The quantitative estimate of drug-likeness (QED) is 0.127. The molecule has 0 saturated heterocycles. The molecule has 0 aromatic carbocycles. The molecule has 4 amide bonds. The Bertz CT molecular complexity index is 726. The van der Waals surface area contributed by atoms with Crippen molar-refractivity contribution in [3.8, 4) is 0 Å². The molecule has 0 aromatic rings. The number of hydrogen-bond donors (Lipinski definition) is 8. The summed E-state index contributed by atoms with van der Waals surface area (Å²) in [5.74, 6) is -7.10. The number of hydrogen-bond acceptors (Lipinski definition) is 8. The van der Waals surface area contributed by atoms with Crippen molar-refractivity contribution in [2.45, 2.75) is 70.3 Å². The molecule has 182 valence electrons. The van der Waals surface area contributed by atoms with Crippen molar-refractivity contribution < 1.29 is 44.1 Å². The van der Waals surface area contributed by atoms with Crippen LogP contribution in [-0.2, 0) is 28.8 Å². The fraction of sp³-hybridized carbons (Fsp3) is 0.667. The average molecular weight is 461 g/mol. The number of primary amides is 1. The van der Waals surface area contributed by atoms with E-state index in [2.05, 4.69) is 16.0 Å². The molecule has 0 heterocycles. The molecule has 10 N–H and O–H groups in total. The Kier molecular flexibility index (Phi) is 11.9. The molecule has 0 bridgehead atoms. The predicted octanol–water partition coefficient (Wildman–Crippen LogP) is -3.37. The molecule has 5 atom stereocenters. The van der Waals surface area contributed by atoms with E-state index >= 15 is 0 Å². The number of aliphatic hydroxyl groups is 1. The van der Waals surface area contributed by atoms with Crippen LogP contribution in [-0.4, -0.2) is 81.2 Å². The largest absolute Gasteiger partial charge is 0.481 e. The van der Waals surface area contributed by atoms with E-state index in [0.717, 1.165) is 0 Å². The van der Waals surface area contributed by atoms with Crippen LogP contribution in [0.3, 0.4) is 0 Å². The lowest BCUT2D eigenvalue weighted by Gasteiger charge is -2.25. The highest BCUT2D eigenvalue weighted by Gasteiger charge is 2.32. The molecule has 0 fully saturated rings. The number of nitrogens with two attached hydrogens (primary N) is 2. The monoisotopic (exact) mass is 461 g/mol. The van der Waals surface area contributed by atoms with Gasteiger partial charge in [-0.2, -0.15) is 0 Å². The van der Waals surface area contributed by atoms with Gasteiger partial charge < -0.3 is 42.7 Å². The maximum atomic E-state index is 12.6. The maximum absolute atomic E-state index is 12.6. The van der Waals surface area contributed by atoms with Crippen LogP contribution in [0.15, 0.2) is 0 Å². The van der Waals surface area contributed by atoms with Crippen LogP contribution >= 0.6 is 0 Å². The first kappa shape index (κ1) is 28.7. The lowest BCUT2D eigenvalue weighted by Crippen LogP contribution is -2.59. The van der Waals surface area contributed by atoms with E-state index in [1.54, 1.807) is 0 Å². The van der Waals surface area contributed by atoms with Gasteiger partial charge in [0.15, 0.2) is 0 Å². The van der Waals surface area contributed by atoms with Crippen LogP contribution in [0, 0.1) is 5.92 Å². The summed E-state index contributed by atoms with van der Waals surface area (Å²) in [5.41, 5.74) is 10.6. The van der Waals surface area contributed by atoms with Crippen molar-refractivity contribution in [2.75, 3.05) is 0 Å². The predicted molar refractivity (Wildman–Crippen MR) is 109 cm³/mol. The van der Waals surface area contributed by atoms with Gasteiger partial charge in [-0.15, -0.1) is 0 Å². The fourth-order valence-corrected chi connectivity index (χ4v) is 2.47. The minimum Gasteiger partial charge on any atom is -0.481 e. The summed E-state index contributed by atoms with van der Waals surface area (Å²) in [6.45, 7) is 4.30. The van der Waals surface area contributed by atoms with Crippen LogP contribution in [0.4, 0.5) is 0 Å². The summed E-state index contributed by atoms with van der Waals surface area (Å²) in [6.07, 6.45) is -2.90. The highest BCUT2D eigenvalue weighted by molar-refractivity contribution is 5.96. The normalized spacial score (nSPS) is 15.6. The van der Waals surface area contributed by atoms with Gasteiger partial charge in [0, 0.05) is 6.42 Å². The first-order valence-electron chi connectivity index (χ1n) is 9.75. The third-order valence-electron chi connectivity index (χ3n) is 4.37. The number of aliphatic hydroxyl groups excluding tert-OH is 1. The number of amides is 4. The topological polar surface area (TPSA) is 251 Å². The minimum absolute atomic E-state index is 0.401. The van der Waals surface area contributed by atoms with Gasteiger partial charge in [-0.25, -0.2) is 4.79 Å². The van der Waals surface area contributed by atoms with Crippen LogP contribution in [0.5, 0.6) is 0 Å². The molecule has 0 aliphatic carbocycles. The molecule has 32 heavy (non-hydrogen) atoms. The molecule has 0 aromatic heterocycles. The number of carbonyl (C=O) groups excluding carboxylic acids is 4.